The van der Waals surface area contributed by atoms with Crippen LogP contribution in [-0.4, -0.2) is 15.7 Å². The van der Waals surface area contributed by atoms with Crippen LogP contribution in [0.1, 0.15) is 18.1 Å². The number of amides is 1. The van der Waals surface area contributed by atoms with E-state index in [-0.39, 0.29) is 12.1 Å². The molecule has 0 bridgehead atoms. The van der Waals surface area contributed by atoms with Gasteiger partial charge in [-0.3, -0.25) is 9.59 Å². The fraction of sp³-hybridized carbons (Fsp3) is 0.143. The van der Waals surface area contributed by atoms with E-state index in [0.717, 1.165) is 16.7 Å². The third-order valence-electron chi connectivity index (χ3n) is 4.14. The number of rotatable bonds is 5. The number of nitrogens with one attached hydrogen (secondary N) is 1. The molecule has 0 aliphatic carbocycles. The van der Waals surface area contributed by atoms with E-state index in [0.29, 0.717) is 16.9 Å². The number of nitriles is 1. The van der Waals surface area contributed by atoms with E-state index in [1.54, 1.807) is 30.3 Å². The molecule has 0 aliphatic rings. The first-order chi connectivity index (χ1) is 13.1. The molecule has 0 aliphatic heterocycles. The maximum atomic E-state index is 12.3. The van der Waals surface area contributed by atoms with E-state index < -0.39 is 5.91 Å². The van der Waals surface area contributed by atoms with Crippen molar-refractivity contribution in [1.82, 2.24) is 9.78 Å². The van der Waals surface area contributed by atoms with Crippen LogP contribution in [0.4, 0.5) is 5.69 Å². The number of para-hydroxylation sites is 1. The summed E-state index contributed by atoms with van der Waals surface area (Å²) in [7, 11) is 0. The SMILES string of the molecule is CCc1ccc(-c2ccc(=O)n(CC(=O)Nc3ccccc3C#N)n2)cc1. The van der Waals surface area contributed by atoms with Crippen LogP contribution in [0.5, 0.6) is 0 Å². The molecule has 1 N–H and O–H groups in total. The number of hydrogen-bond donors (Lipinski definition) is 1. The van der Waals surface area contributed by atoms with Gasteiger partial charge in [0, 0.05) is 11.6 Å². The largest absolute Gasteiger partial charge is 0.323 e. The number of aromatic nitrogens is 2. The second-order valence-electron chi connectivity index (χ2n) is 5.97. The summed E-state index contributed by atoms with van der Waals surface area (Å²) < 4.78 is 1.12. The van der Waals surface area contributed by atoms with Gasteiger partial charge in [0.1, 0.15) is 12.6 Å². The van der Waals surface area contributed by atoms with Gasteiger partial charge in [-0.15, -0.1) is 0 Å². The lowest BCUT2D eigenvalue weighted by Gasteiger charge is -2.09. The minimum absolute atomic E-state index is 0.237. The first-order valence-corrected chi connectivity index (χ1v) is 8.57. The zero-order valence-corrected chi connectivity index (χ0v) is 14.8. The number of benzene rings is 2. The zero-order chi connectivity index (χ0) is 19.2. The van der Waals surface area contributed by atoms with Crippen LogP contribution in [0, 0.1) is 11.3 Å². The Hall–Kier alpha value is -3.72. The Labute approximate surface area is 156 Å². The molecular formula is C21H18N4O2. The molecule has 1 amide bonds. The van der Waals surface area contributed by atoms with Crippen molar-refractivity contribution in [2.24, 2.45) is 0 Å². The van der Waals surface area contributed by atoms with Gasteiger partial charge in [-0.1, -0.05) is 43.3 Å². The van der Waals surface area contributed by atoms with Gasteiger partial charge in [0.25, 0.3) is 5.56 Å². The van der Waals surface area contributed by atoms with Crippen LogP contribution in [0.2, 0.25) is 0 Å². The Morgan fingerprint density at radius 3 is 2.56 bits per heavy atom. The van der Waals surface area contributed by atoms with Crippen LogP contribution >= 0.6 is 0 Å². The fourth-order valence-corrected chi connectivity index (χ4v) is 2.64. The Morgan fingerprint density at radius 1 is 1.11 bits per heavy atom. The van der Waals surface area contributed by atoms with E-state index in [4.69, 9.17) is 5.26 Å². The standard InChI is InChI=1S/C21H18N4O2/c1-2-15-7-9-16(10-8-15)19-11-12-21(27)25(24-19)14-20(26)23-18-6-4-3-5-17(18)13-22/h3-12H,2,14H2,1H3,(H,23,26). The number of carbonyl (C=O) groups excluding carboxylic acids is 1. The Bertz CT molecular complexity index is 1060. The first kappa shape index (κ1) is 18.1. The smallest absolute Gasteiger partial charge is 0.267 e. The summed E-state index contributed by atoms with van der Waals surface area (Å²) >= 11 is 0. The van der Waals surface area contributed by atoms with Crippen molar-refractivity contribution in [2.45, 2.75) is 19.9 Å². The van der Waals surface area contributed by atoms with Gasteiger partial charge in [-0.2, -0.15) is 10.4 Å². The minimum Gasteiger partial charge on any atom is -0.323 e. The summed E-state index contributed by atoms with van der Waals surface area (Å²) in [5, 5.41) is 16.0. The lowest BCUT2D eigenvalue weighted by molar-refractivity contribution is -0.117. The molecule has 27 heavy (non-hydrogen) atoms. The van der Waals surface area contributed by atoms with E-state index in [2.05, 4.69) is 17.3 Å². The molecule has 0 atom stereocenters. The second-order valence-corrected chi connectivity index (χ2v) is 5.97. The van der Waals surface area contributed by atoms with Gasteiger partial charge in [0.15, 0.2) is 0 Å². The Balaban J connectivity index is 1.81. The highest BCUT2D eigenvalue weighted by molar-refractivity contribution is 5.91. The van der Waals surface area contributed by atoms with Crippen LogP contribution in [0.3, 0.4) is 0 Å². The lowest BCUT2D eigenvalue weighted by atomic mass is 10.1. The molecule has 0 fully saturated rings. The molecule has 3 aromatic rings. The topological polar surface area (TPSA) is 87.8 Å². The normalized spacial score (nSPS) is 10.2. The van der Waals surface area contributed by atoms with Crippen molar-refractivity contribution in [3.05, 3.63) is 82.1 Å². The molecule has 1 aromatic heterocycles. The lowest BCUT2D eigenvalue weighted by Crippen LogP contribution is -2.29. The Kier molecular flexibility index (Phi) is 5.43. The molecule has 0 saturated heterocycles. The highest BCUT2D eigenvalue weighted by Crippen LogP contribution is 2.17. The van der Waals surface area contributed by atoms with Crippen LogP contribution < -0.4 is 10.9 Å². The maximum absolute atomic E-state index is 12.3. The van der Waals surface area contributed by atoms with E-state index >= 15 is 0 Å². The van der Waals surface area contributed by atoms with Crippen LogP contribution in [0.15, 0.2) is 65.5 Å². The van der Waals surface area contributed by atoms with Crippen molar-refractivity contribution in [2.75, 3.05) is 5.32 Å². The van der Waals surface area contributed by atoms with E-state index in [1.807, 2.05) is 30.3 Å². The fourth-order valence-electron chi connectivity index (χ4n) is 2.64. The van der Waals surface area contributed by atoms with Gasteiger partial charge in [0.05, 0.1) is 16.9 Å². The first-order valence-electron chi connectivity index (χ1n) is 8.57. The summed E-state index contributed by atoms with van der Waals surface area (Å²) in [6, 6.07) is 19.7. The third kappa shape index (κ3) is 4.28. The monoisotopic (exact) mass is 358 g/mol. The number of aryl methyl sites for hydroxylation is 1. The third-order valence-corrected chi connectivity index (χ3v) is 4.14. The predicted octanol–water partition coefficient (Wildman–Crippen LogP) is 2.98. The van der Waals surface area contributed by atoms with Crippen molar-refractivity contribution >= 4 is 11.6 Å². The average Bonchev–Trinajstić information content (AvgIpc) is 2.70. The molecule has 1 heterocycles. The van der Waals surface area contributed by atoms with Crippen molar-refractivity contribution in [1.29, 1.82) is 5.26 Å². The highest BCUT2D eigenvalue weighted by atomic mass is 16.2. The van der Waals surface area contributed by atoms with Crippen molar-refractivity contribution < 1.29 is 4.79 Å². The summed E-state index contributed by atoms with van der Waals surface area (Å²) in [5.41, 5.74) is 3.09. The van der Waals surface area contributed by atoms with Gasteiger partial charge in [-0.25, -0.2) is 4.68 Å². The van der Waals surface area contributed by atoms with Gasteiger partial charge in [0.2, 0.25) is 5.91 Å². The average molecular weight is 358 g/mol. The predicted molar refractivity (Wildman–Crippen MR) is 103 cm³/mol. The second kappa shape index (κ2) is 8.11. The summed E-state index contributed by atoms with van der Waals surface area (Å²) in [4.78, 5) is 24.4. The highest BCUT2D eigenvalue weighted by Gasteiger charge is 2.10. The molecule has 2 aromatic carbocycles. The maximum Gasteiger partial charge on any atom is 0.267 e. The van der Waals surface area contributed by atoms with Gasteiger partial charge >= 0.3 is 0 Å². The van der Waals surface area contributed by atoms with Crippen LogP contribution in [-0.2, 0) is 17.8 Å². The quantitative estimate of drug-likeness (QED) is 0.759. The Morgan fingerprint density at radius 2 is 1.85 bits per heavy atom. The van der Waals surface area contributed by atoms with Crippen molar-refractivity contribution in [3.63, 3.8) is 0 Å². The molecule has 6 nitrogen and oxygen atoms in total. The summed E-state index contributed by atoms with van der Waals surface area (Å²) in [5.74, 6) is -0.425. The molecule has 6 heteroatoms. The van der Waals surface area contributed by atoms with Gasteiger partial charge in [-0.05, 0) is 30.2 Å². The molecule has 0 unspecified atom stereocenters. The summed E-state index contributed by atoms with van der Waals surface area (Å²) in [6.07, 6.45) is 0.942. The van der Waals surface area contributed by atoms with Gasteiger partial charge < -0.3 is 5.32 Å². The molecule has 0 spiro atoms. The zero-order valence-electron chi connectivity index (χ0n) is 14.8. The minimum atomic E-state index is -0.425. The molecular weight excluding hydrogens is 340 g/mol. The van der Waals surface area contributed by atoms with E-state index in [9.17, 15) is 9.59 Å². The van der Waals surface area contributed by atoms with E-state index in [1.165, 1.54) is 11.6 Å². The molecule has 0 saturated carbocycles. The van der Waals surface area contributed by atoms with Crippen molar-refractivity contribution in [3.8, 4) is 17.3 Å². The number of anilines is 1. The van der Waals surface area contributed by atoms with Crippen LogP contribution in [0.25, 0.3) is 11.3 Å². The molecule has 0 radical (unpaired) electrons. The summed E-state index contributed by atoms with van der Waals surface area (Å²) in [6.45, 7) is 1.84. The number of carbonyl (C=O) groups is 1. The number of hydrogen-bond acceptors (Lipinski definition) is 4. The molecule has 134 valence electrons. The molecule has 3 rings (SSSR count). The number of nitrogens with zero attached hydrogens (tertiary/aromatic N) is 3.